The van der Waals surface area contributed by atoms with Gasteiger partial charge in [0.05, 0.1) is 31.6 Å². The molecule has 3 aromatic carbocycles. The van der Waals surface area contributed by atoms with Gasteiger partial charge in [-0.3, -0.25) is 4.79 Å². The lowest BCUT2D eigenvalue weighted by Crippen LogP contribution is -2.22. The molecule has 0 bridgehead atoms. The molecule has 0 saturated carbocycles. The van der Waals surface area contributed by atoms with Crippen molar-refractivity contribution in [3.05, 3.63) is 101 Å². The fourth-order valence-electron chi connectivity index (χ4n) is 3.44. The minimum atomic E-state index is -0.195. The highest BCUT2D eigenvalue weighted by Crippen LogP contribution is 2.28. The highest BCUT2D eigenvalue weighted by atomic mass is 79.9. The van der Waals surface area contributed by atoms with Gasteiger partial charge in [-0.25, -0.2) is 4.98 Å². The van der Waals surface area contributed by atoms with Gasteiger partial charge in [0.1, 0.15) is 18.2 Å². The second-order valence-corrected chi connectivity index (χ2v) is 10.5. The third-order valence-electron chi connectivity index (χ3n) is 5.29. The molecule has 5 nitrogen and oxygen atoms in total. The molecule has 4 rings (SSSR count). The maximum absolute atomic E-state index is 13.2. The molecule has 0 N–H and O–H groups in total. The van der Waals surface area contributed by atoms with Crippen LogP contribution in [0, 0.1) is 0 Å². The van der Waals surface area contributed by atoms with E-state index in [1.165, 1.54) is 4.68 Å². The molecule has 0 unspecified atom stereocenters. The van der Waals surface area contributed by atoms with Gasteiger partial charge < -0.3 is 4.74 Å². The minimum Gasteiger partial charge on any atom is -0.488 e. The fraction of sp³-hybridized carbons (Fsp3) is 0.192. The van der Waals surface area contributed by atoms with E-state index >= 15 is 0 Å². The monoisotopic (exact) mass is 635 g/mol. The summed E-state index contributed by atoms with van der Waals surface area (Å²) in [4.78, 5) is 17.9. The highest BCUT2D eigenvalue weighted by Gasteiger charge is 2.11. The molecule has 180 valence electrons. The third-order valence-corrected chi connectivity index (χ3v) is 7.14. The Hall–Kier alpha value is -2.19. The van der Waals surface area contributed by atoms with Crippen LogP contribution in [0.5, 0.6) is 5.75 Å². The smallest absolute Gasteiger partial charge is 0.282 e. The van der Waals surface area contributed by atoms with Crippen molar-refractivity contribution in [2.75, 3.05) is 0 Å². The summed E-state index contributed by atoms with van der Waals surface area (Å²) in [5.41, 5.74) is 2.19. The van der Waals surface area contributed by atoms with Crippen molar-refractivity contribution in [1.29, 1.82) is 0 Å². The second kappa shape index (κ2) is 11.7. The van der Waals surface area contributed by atoms with Crippen LogP contribution in [0.3, 0.4) is 0 Å². The Balaban J connectivity index is 1.58. The lowest BCUT2D eigenvalue weighted by atomic mass is 10.2. The van der Waals surface area contributed by atoms with E-state index in [0.29, 0.717) is 45.5 Å². The summed E-state index contributed by atoms with van der Waals surface area (Å²) in [5, 5.41) is 6.02. The van der Waals surface area contributed by atoms with Gasteiger partial charge in [-0.1, -0.05) is 58.5 Å². The zero-order valence-electron chi connectivity index (χ0n) is 18.8. The zero-order chi connectivity index (χ0) is 24.9. The lowest BCUT2D eigenvalue weighted by molar-refractivity contribution is 0.304. The van der Waals surface area contributed by atoms with Gasteiger partial charge in [0.2, 0.25) is 0 Å². The average Bonchev–Trinajstić information content (AvgIpc) is 2.84. The molecule has 0 aliphatic heterocycles. The number of benzene rings is 3. The largest absolute Gasteiger partial charge is 0.488 e. The van der Waals surface area contributed by atoms with E-state index in [1.807, 2.05) is 36.4 Å². The fourth-order valence-corrected chi connectivity index (χ4v) is 4.63. The first-order valence-corrected chi connectivity index (χ1v) is 13.3. The Morgan fingerprint density at radius 3 is 2.63 bits per heavy atom. The molecule has 9 heteroatoms. The molecule has 0 fully saturated rings. The van der Waals surface area contributed by atoms with E-state index in [1.54, 1.807) is 24.4 Å². The molecule has 35 heavy (non-hydrogen) atoms. The standard InChI is InChI=1S/C26H21Br2Cl2N3O2/c1-2-3-4-25-32-23-9-7-18(27)13-19(23)26(34)33(25)31-14-16-6-10-24(20(28)11-16)35-15-17-5-8-21(29)22(30)12-17/h5-14H,2-4,15H2,1H3. The number of ether oxygens (including phenoxy) is 1. The zero-order valence-corrected chi connectivity index (χ0v) is 23.5. The van der Waals surface area contributed by atoms with Crippen molar-refractivity contribution in [1.82, 2.24) is 9.66 Å². The van der Waals surface area contributed by atoms with Gasteiger partial charge >= 0.3 is 0 Å². The molecule has 0 atom stereocenters. The van der Waals surface area contributed by atoms with Gasteiger partial charge in [-0.2, -0.15) is 9.78 Å². The summed E-state index contributed by atoms with van der Waals surface area (Å²) in [6.45, 7) is 2.45. The highest BCUT2D eigenvalue weighted by molar-refractivity contribution is 9.10. The van der Waals surface area contributed by atoms with Crippen molar-refractivity contribution < 1.29 is 4.74 Å². The predicted molar refractivity (Wildman–Crippen MR) is 150 cm³/mol. The number of hydrogen-bond donors (Lipinski definition) is 0. The molecule has 0 aliphatic rings. The summed E-state index contributed by atoms with van der Waals surface area (Å²) < 4.78 is 8.90. The number of nitrogens with zero attached hydrogens (tertiary/aromatic N) is 3. The molecule has 0 amide bonds. The number of halogens is 4. The molecule has 0 radical (unpaired) electrons. The van der Waals surface area contributed by atoms with Crippen LogP contribution in [0.25, 0.3) is 10.9 Å². The predicted octanol–water partition coefficient (Wildman–Crippen LogP) is 8.03. The van der Waals surface area contributed by atoms with Gasteiger partial charge in [0.25, 0.3) is 5.56 Å². The number of rotatable bonds is 8. The normalized spacial score (nSPS) is 11.5. The van der Waals surface area contributed by atoms with Crippen LogP contribution in [0.1, 0.15) is 36.7 Å². The molecule has 1 aromatic heterocycles. The summed E-state index contributed by atoms with van der Waals surface area (Å²) in [7, 11) is 0. The number of hydrogen-bond acceptors (Lipinski definition) is 4. The molecule has 0 aliphatic carbocycles. The first kappa shape index (κ1) is 25.9. The van der Waals surface area contributed by atoms with E-state index in [-0.39, 0.29) is 5.56 Å². The summed E-state index contributed by atoms with van der Waals surface area (Å²) in [6, 6.07) is 16.5. The van der Waals surface area contributed by atoms with Gasteiger partial charge in [-0.05, 0) is 82.0 Å². The first-order chi connectivity index (χ1) is 16.9. The van der Waals surface area contributed by atoms with Crippen LogP contribution in [-0.4, -0.2) is 15.9 Å². The maximum Gasteiger partial charge on any atom is 0.282 e. The minimum absolute atomic E-state index is 0.195. The number of aromatic nitrogens is 2. The number of unbranched alkanes of at least 4 members (excludes halogenated alkanes) is 1. The maximum atomic E-state index is 13.2. The number of fused-ring (bicyclic) bond motifs is 1. The van der Waals surface area contributed by atoms with Gasteiger partial charge in [-0.15, -0.1) is 0 Å². The Bertz CT molecular complexity index is 1470. The van der Waals surface area contributed by atoms with Crippen LogP contribution in [0.2, 0.25) is 10.0 Å². The van der Waals surface area contributed by atoms with Crippen molar-refractivity contribution in [3.63, 3.8) is 0 Å². The van der Waals surface area contributed by atoms with Gasteiger partial charge in [0.15, 0.2) is 0 Å². The molecular formula is C26H21Br2Cl2N3O2. The van der Waals surface area contributed by atoms with Crippen molar-refractivity contribution in [3.8, 4) is 5.75 Å². The van der Waals surface area contributed by atoms with Crippen molar-refractivity contribution in [2.45, 2.75) is 32.8 Å². The Morgan fingerprint density at radius 1 is 1.06 bits per heavy atom. The Morgan fingerprint density at radius 2 is 1.89 bits per heavy atom. The lowest BCUT2D eigenvalue weighted by Gasteiger charge is -2.10. The quantitative estimate of drug-likeness (QED) is 0.184. The average molecular weight is 638 g/mol. The van der Waals surface area contributed by atoms with Crippen LogP contribution < -0.4 is 10.3 Å². The third kappa shape index (κ3) is 6.33. The van der Waals surface area contributed by atoms with Crippen LogP contribution >= 0.6 is 55.1 Å². The first-order valence-electron chi connectivity index (χ1n) is 11.0. The van der Waals surface area contributed by atoms with E-state index in [2.05, 4.69) is 43.9 Å². The molecule has 0 spiro atoms. The van der Waals surface area contributed by atoms with Crippen LogP contribution in [0.4, 0.5) is 0 Å². The van der Waals surface area contributed by atoms with E-state index in [9.17, 15) is 4.79 Å². The van der Waals surface area contributed by atoms with Crippen molar-refractivity contribution >= 4 is 72.2 Å². The van der Waals surface area contributed by atoms with E-state index < -0.39 is 0 Å². The molecule has 4 aromatic rings. The summed E-state index contributed by atoms with van der Waals surface area (Å²) in [6.07, 6.45) is 4.23. The van der Waals surface area contributed by atoms with Crippen LogP contribution in [0.15, 0.2) is 73.4 Å². The Labute approximate surface area is 230 Å². The summed E-state index contributed by atoms with van der Waals surface area (Å²) in [5.74, 6) is 1.31. The molecule has 1 heterocycles. The van der Waals surface area contributed by atoms with Crippen LogP contribution in [-0.2, 0) is 13.0 Å². The SMILES string of the molecule is CCCCc1nc2ccc(Br)cc2c(=O)n1N=Cc1ccc(OCc2ccc(Cl)c(Cl)c2)c(Br)c1. The number of aryl methyl sites for hydroxylation is 1. The molecule has 0 saturated heterocycles. The van der Waals surface area contributed by atoms with Gasteiger partial charge in [0, 0.05) is 10.9 Å². The second-order valence-electron chi connectivity index (χ2n) is 7.88. The topological polar surface area (TPSA) is 56.5 Å². The molecular weight excluding hydrogens is 617 g/mol. The van der Waals surface area contributed by atoms with E-state index in [0.717, 1.165) is 32.9 Å². The van der Waals surface area contributed by atoms with Crippen molar-refractivity contribution in [2.24, 2.45) is 5.10 Å². The Kier molecular flexibility index (Phi) is 8.65. The summed E-state index contributed by atoms with van der Waals surface area (Å²) >= 11 is 19.0. The van der Waals surface area contributed by atoms with E-state index in [4.69, 9.17) is 32.9 Å².